The van der Waals surface area contributed by atoms with E-state index in [1.54, 1.807) is 36.5 Å². The molecule has 0 saturated carbocycles. The van der Waals surface area contributed by atoms with Gasteiger partial charge in [0.1, 0.15) is 18.1 Å². The Kier molecular flexibility index (Phi) is 11.8. The predicted molar refractivity (Wildman–Crippen MR) is 160 cm³/mol. The van der Waals surface area contributed by atoms with Crippen molar-refractivity contribution < 1.29 is 34.2 Å². The molecule has 12 heteroatoms. The molecule has 1 aromatic heterocycles. The maximum atomic E-state index is 13.5. The SMILES string of the molecule is CC(C)CC(NC(=O)C(N)Cc1c[nH]c2ccccc12)C(=O)NC(Cc1ccccc1)C(=O)NC(CCC(=O)O)C(=O)O. The van der Waals surface area contributed by atoms with Crippen LogP contribution >= 0.6 is 0 Å². The minimum Gasteiger partial charge on any atom is -0.481 e. The summed E-state index contributed by atoms with van der Waals surface area (Å²) in [6, 6.07) is 11.8. The lowest BCUT2D eigenvalue weighted by atomic mass is 9.99. The number of rotatable bonds is 16. The molecule has 0 aliphatic carbocycles. The lowest BCUT2D eigenvalue weighted by Crippen LogP contribution is -2.58. The average molecular weight is 594 g/mol. The van der Waals surface area contributed by atoms with Crippen LogP contribution in [0, 0.1) is 5.92 Å². The van der Waals surface area contributed by atoms with Crippen molar-refractivity contribution in [2.24, 2.45) is 11.7 Å². The third-order valence-electron chi connectivity index (χ3n) is 6.97. The lowest BCUT2D eigenvalue weighted by molar-refractivity contribution is -0.143. The van der Waals surface area contributed by atoms with Crippen LogP contribution in [0.5, 0.6) is 0 Å². The number of fused-ring (bicyclic) bond motifs is 1. The van der Waals surface area contributed by atoms with E-state index in [0.717, 1.165) is 16.5 Å². The third-order valence-corrected chi connectivity index (χ3v) is 6.97. The summed E-state index contributed by atoms with van der Waals surface area (Å²) in [5, 5.41) is 27.2. The van der Waals surface area contributed by atoms with E-state index in [2.05, 4.69) is 20.9 Å². The van der Waals surface area contributed by atoms with Crippen molar-refractivity contribution in [3.05, 3.63) is 71.9 Å². The summed E-state index contributed by atoms with van der Waals surface area (Å²) in [5.41, 5.74) is 8.72. The second kappa shape index (κ2) is 15.5. The standard InChI is InChI=1S/C31H39N5O7/c1-18(2)14-25(35-28(39)22(32)16-20-17-33-23-11-7-6-10-21(20)23)29(40)36-26(15-19-8-4-3-5-9-19)30(41)34-24(31(42)43)12-13-27(37)38/h3-11,17-18,22,24-26,33H,12-16,32H2,1-2H3,(H,34,41)(H,35,39)(H,36,40)(H,37,38)(H,42,43). The molecule has 3 rings (SSSR count). The van der Waals surface area contributed by atoms with E-state index in [0.29, 0.717) is 5.56 Å². The van der Waals surface area contributed by atoms with Gasteiger partial charge in [-0.2, -0.15) is 0 Å². The van der Waals surface area contributed by atoms with Crippen molar-refractivity contribution >= 4 is 40.6 Å². The summed E-state index contributed by atoms with van der Waals surface area (Å²) in [5.74, 6) is -4.56. The molecule has 1 heterocycles. The maximum absolute atomic E-state index is 13.5. The molecule has 3 amide bonds. The predicted octanol–water partition coefficient (Wildman–Crippen LogP) is 1.73. The Bertz CT molecular complexity index is 1420. The number of aliphatic carboxylic acids is 2. The maximum Gasteiger partial charge on any atom is 0.326 e. The van der Waals surface area contributed by atoms with Gasteiger partial charge < -0.3 is 36.9 Å². The van der Waals surface area contributed by atoms with Gasteiger partial charge in [0.25, 0.3) is 0 Å². The summed E-state index contributed by atoms with van der Waals surface area (Å²) >= 11 is 0. The number of nitrogens with two attached hydrogens (primary N) is 1. The Labute approximate surface area is 249 Å². The first-order chi connectivity index (χ1) is 20.4. The van der Waals surface area contributed by atoms with Gasteiger partial charge in [0.05, 0.1) is 6.04 Å². The molecule has 8 N–H and O–H groups in total. The van der Waals surface area contributed by atoms with Crippen LogP contribution in [0.4, 0.5) is 0 Å². The van der Waals surface area contributed by atoms with Gasteiger partial charge >= 0.3 is 11.9 Å². The number of hydrogen-bond acceptors (Lipinski definition) is 6. The summed E-state index contributed by atoms with van der Waals surface area (Å²) in [7, 11) is 0. The molecule has 0 saturated heterocycles. The highest BCUT2D eigenvalue weighted by Gasteiger charge is 2.31. The molecule has 2 aromatic carbocycles. The van der Waals surface area contributed by atoms with Gasteiger partial charge in [0.2, 0.25) is 17.7 Å². The fourth-order valence-electron chi connectivity index (χ4n) is 4.74. The normalized spacial score (nSPS) is 14.0. The van der Waals surface area contributed by atoms with E-state index in [1.165, 1.54) is 0 Å². The fraction of sp³-hybridized carbons (Fsp3) is 0.387. The number of hydrogen-bond donors (Lipinski definition) is 7. The van der Waals surface area contributed by atoms with Gasteiger partial charge in [0, 0.05) is 29.9 Å². The molecule has 0 fully saturated rings. The highest BCUT2D eigenvalue weighted by atomic mass is 16.4. The molecular formula is C31H39N5O7. The van der Waals surface area contributed by atoms with Crippen LogP contribution in [0.25, 0.3) is 10.9 Å². The van der Waals surface area contributed by atoms with Crippen LogP contribution in [0.1, 0.15) is 44.2 Å². The van der Waals surface area contributed by atoms with Crippen molar-refractivity contribution in [3.63, 3.8) is 0 Å². The van der Waals surface area contributed by atoms with Crippen molar-refractivity contribution in [1.82, 2.24) is 20.9 Å². The van der Waals surface area contributed by atoms with Crippen LogP contribution in [-0.4, -0.2) is 69.0 Å². The molecule has 4 unspecified atom stereocenters. The number of aromatic amines is 1. The summed E-state index contributed by atoms with van der Waals surface area (Å²) in [6.07, 6.45) is 1.53. The van der Waals surface area contributed by atoms with Gasteiger partial charge in [-0.05, 0) is 42.4 Å². The van der Waals surface area contributed by atoms with Gasteiger partial charge in [0.15, 0.2) is 0 Å². The molecule has 0 radical (unpaired) electrons. The van der Waals surface area contributed by atoms with Gasteiger partial charge in [-0.3, -0.25) is 19.2 Å². The van der Waals surface area contributed by atoms with Crippen LogP contribution in [0.15, 0.2) is 60.8 Å². The van der Waals surface area contributed by atoms with Gasteiger partial charge in [-0.1, -0.05) is 62.4 Å². The molecular weight excluding hydrogens is 554 g/mol. The van der Waals surface area contributed by atoms with E-state index in [1.807, 2.05) is 38.1 Å². The quantitative estimate of drug-likeness (QED) is 0.130. The number of H-pyrrole nitrogens is 1. The minimum absolute atomic E-state index is 0.00491. The Hall–Kier alpha value is -4.71. The monoisotopic (exact) mass is 593 g/mol. The van der Waals surface area contributed by atoms with Crippen molar-refractivity contribution in [1.29, 1.82) is 0 Å². The van der Waals surface area contributed by atoms with E-state index in [4.69, 9.17) is 10.8 Å². The number of carboxylic acid groups (broad SMARTS) is 2. The van der Waals surface area contributed by atoms with Crippen LogP contribution in [0.3, 0.4) is 0 Å². The number of benzene rings is 2. The van der Waals surface area contributed by atoms with E-state index < -0.39 is 60.2 Å². The molecule has 0 aliphatic heterocycles. The Balaban J connectivity index is 1.75. The Morgan fingerprint density at radius 2 is 1.40 bits per heavy atom. The summed E-state index contributed by atoms with van der Waals surface area (Å²) in [6.45, 7) is 3.76. The fourth-order valence-corrected chi connectivity index (χ4v) is 4.74. The Morgan fingerprint density at radius 3 is 2.05 bits per heavy atom. The molecule has 43 heavy (non-hydrogen) atoms. The van der Waals surface area contributed by atoms with Gasteiger partial charge in [-0.25, -0.2) is 4.79 Å². The first-order valence-corrected chi connectivity index (χ1v) is 14.1. The lowest BCUT2D eigenvalue weighted by Gasteiger charge is -2.26. The molecule has 230 valence electrons. The summed E-state index contributed by atoms with van der Waals surface area (Å²) in [4.78, 5) is 65.7. The first kappa shape index (κ1) is 32.8. The topological polar surface area (TPSA) is 204 Å². The highest BCUT2D eigenvalue weighted by molar-refractivity contribution is 5.94. The highest BCUT2D eigenvalue weighted by Crippen LogP contribution is 2.19. The van der Waals surface area contributed by atoms with Crippen molar-refractivity contribution in [3.8, 4) is 0 Å². The molecule has 0 aliphatic rings. The minimum atomic E-state index is -1.47. The average Bonchev–Trinajstić information content (AvgIpc) is 3.36. The van der Waals surface area contributed by atoms with Gasteiger partial charge in [-0.15, -0.1) is 0 Å². The number of carbonyl (C=O) groups is 5. The number of aromatic nitrogens is 1. The molecule has 3 aromatic rings. The smallest absolute Gasteiger partial charge is 0.326 e. The Morgan fingerprint density at radius 1 is 0.791 bits per heavy atom. The number of amides is 3. The third kappa shape index (κ3) is 9.96. The number of nitrogens with one attached hydrogen (secondary N) is 4. The number of carbonyl (C=O) groups excluding carboxylic acids is 3. The zero-order chi connectivity index (χ0) is 31.5. The number of carboxylic acids is 2. The van der Waals surface area contributed by atoms with E-state index in [9.17, 15) is 29.1 Å². The second-order valence-electron chi connectivity index (χ2n) is 10.9. The molecule has 12 nitrogen and oxygen atoms in total. The zero-order valence-electron chi connectivity index (χ0n) is 24.2. The van der Waals surface area contributed by atoms with Crippen LogP contribution in [0.2, 0.25) is 0 Å². The first-order valence-electron chi connectivity index (χ1n) is 14.1. The molecule has 4 atom stereocenters. The number of para-hydroxylation sites is 1. The zero-order valence-corrected chi connectivity index (χ0v) is 24.2. The second-order valence-corrected chi connectivity index (χ2v) is 10.9. The van der Waals surface area contributed by atoms with E-state index in [-0.39, 0.29) is 31.6 Å². The molecule has 0 bridgehead atoms. The van der Waals surface area contributed by atoms with Crippen LogP contribution < -0.4 is 21.7 Å². The van der Waals surface area contributed by atoms with E-state index >= 15 is 0 Å². The van der Waals surface area contributed by atoms with Crippen molar-refractivity contribution in [2.45, 2.75) is 70.1 Å². The summed E-state index contributed by atoms with van der Waals surface area (Å²) < 4.78 is 0. The molecule has 0 spiro atoms. The van der Waals surface area contributed by atoms with Crippen LogP contribution in [-0.2, 0) is 36.8 Å². The van der Waals surface area contributed by atoms with Crippen molar-refractivity contribution in [2.75, 3.05) is 0 Å². The largest absolute Gasteiger partial charge is 0.481 e.